The van der Waals surface area contributed by atoms with Crippen LogP contribution in [0.4, 0.5) is 14.7 Å². The second-order valence-corrected chi connectivity index (χ2v) is 9.37. The van der Waals surface area contributed by atoms with Gasteiger partial charge in [-0.25, -0.2) is 14.6 Å². The van der Waals surface area contributed by atoms with Gasteiger partial charge in [0.1, 0.15) is 11.4 Å². The molecular formula is C19H22N4O4S. The van der Waals surface area contributed by atoms with Crippen LogP contribution in [0.1, 0.15) is 26.3 Å². The lowest BCUT2D eigenvalue weighted by atomic mass is 10.1. The Kier molecular flexibility index (Phi) is 3.74. The van der Waals surface area contributed by atoms with Gasteiger partial charge in [-0.1, -0.05) is 11.3 Å². The number of hydrogen-bond acceptors (Lipinski definition) is 6. The zero-order chi connectivity index (χ0) is 19.6. The topological polar surface area (TPSA) is 84.0 Å². The van der Waals surface area contributed by atoms with Gasteiger partial charge in [-0.3, -0.25) is 4.90 Å². The Balaban J connectivity index is 1.42. The van der Waals surface area contributed by atoms with E-state index in [1.807, 2.05) is 32.9 Å². The highest BCUT2D eigenvalue weighted by molar-refractivity contribution is 7.22. The predicted octanol–water partition coefficient (Wildman–Crippen LogP) is 2.75. The molecule has 5 rings (SSSR count). The van der Waals surface area contributed by atoms with Gasteiger partial charge in [-0.15, -0.1) is 0 Å². The van der Waals surface area contributed by atoms with Crippen LogP contribution in [0.5, 0.6) is 5.75 Å². The lowest BCUT2D eigenvalue weighted by molar-refractivity contribution is 0.0288. The molecule has 0 saturated carbocycles. The summed E-state index contributed by atoms with van der Waals surface area (Å²) < 4.78 is 12.1. The highest BCUT2D eigenvalue weighted by Gasteiger charge is 2.49. The Bertz CT molecular complexity index is 982. The molecular weight excluding hydrogens is 380 g/mol. The number of nitrogens with one attached hydrogen (secondary N) is 1. The number of urea groups is 1. The minimum absolute atomic E-state index is 0.124. The van der Waals surface area contributed by atoms with Gasteiger partial charge in [0.15, 0.2) is 5.13 Å². The molecule has 0 bridgehead atoms. The summed E-state index contributed by atoms with van der Waals surface area (Å²) in [4.78, 5) is 33.2. The molecule has 3 aliphatic heterocycles. The number of ether oxygens (including phenoxy) is 2. The van der Waals surface area contributed by atoms with E-state index in [0.29, 0.717) is 24.8 Å². The fourth-order valence-electron chi connectivity index (χ4n) is 4.03. The van der Waals surface area contributed by atoms with Crippen molar-refractivity contribution in [3.05, 3.63) is 17.7 Å². The molecule has 28 heavy (non-hydrogen) atoms. The molecule has 9 heteroatoms. The zero-order valence-corrected chi connectivity index (χ0v) is 16.8. The smallest absolute Gasteiger partial charge is 0.410 e. The molecule has 1 aromatic carbocycles. The molecule has 3 aliphatic rings. The Morgan fingerprint density at radius 3 is 2.96 bits per heavy atom. The largest absolute Gasteiger partial charge is 0.493 e. The number of carbonyl (C=O) groups excluding carboxylic acids is 2. The lowest BCUT2D eigenvalue weighted by Gasteiger charge is -2.25. The summed E-state index contributed by atoms with van der Waals surface area (Å²) >= 11 is 1.50. The first-order valence-corrected chi connectivity index (χ1v) is 10.2. The van der Waals surface area contributed by atoms with Gasteiger partial charge in [0.25, 0.3) is 0 Å². The number of benzene rings is 1. The van der Waals surface area contributed by atoms with Crippen LogP contribution in [0.2, 0.25) is 0 Å². The van der Waals surface area contributed by atoms with Crippen molar-refractivity contribution in [2.24, 2.45) is 0 Å². The van der Waals surface area contributed by atoms with Gasteiger partial charge in [-0.2, -0.15) is 0 Å². The predicted molar refractivity (Wildman–Crippen MR) is 105 cm³/mol. The summed E-state index contributed by atoms with van der Waals surface area (Å²) in [5.74, 6) is 0.880. The molecule has 1 unspecified atom stereocenters. The number of aromatic nitrogens is 1. The normalized spacial score (nSPS) is 23.6. The van der Waals surface area contributed by atoms with E-state index >= 15 is 0 Å². The first-order valence-electron chi connectivity index (χ1n) is 9.43. The second-order valence-electron chi connectivity index (χ2n) is 8.36. The van der Waals surface area contributed by atoms with Crippen molar-refractivity contribution in [2.75, 3.05) is 24.6 Å². The maximum atomic E-state index is 12.6. The van der Waals surface area contributed by atoms with E-state index in [4.69, 9.17) is 14.5 Å². The van der Waals surface area contributed by atoms with Crippen molar-refractivity contribution in [1.82, 2.24) is 15.2 Å². The number of rotatable bonds is 1. The maximum absolute atomic E-state index is 12.6. The van der Waals surface area contributed by atoms with E-state index in [1.54, 1.807) is 9.80 Å². The lowest BCUT2D eigenvalue weighted by Crippen LogP contribution is -2.42. The van der Waals surface area contributed by atoms with E-state index in [1.165, 1.54) is 11.3 Å². The second kappa shape index (κ2) is 5.97. The molecule has 148 valence electrons. The number of nitrogens with zero attached hydrogens (tertiary/aromatic N) is 3. The van der Waals surface area contributed by atoms with E-state index in [2.05, 4.69) is 5.32 Å². The van der Waals surface area contributed by atoms with Crippen molar-refractivity contribution < 1.29 is 19.1 Å². The first-order chi connectivity index (χ1) is 13.3. The molecule has 2 aromatic rings. The highest BCUT2D eigenvalue weighted by Crippen LogP contribution is 2.39. The van der Waals surface area contributed by atoms with Crippen molar-refractivity contribution >= 4 is 38.8 Å². The van der Waals surface area contributed by atoms with E-state index < -0.39 is 5.60 Å². The number of amides is 3. The number of carbonyl (C=O) groups is 2. The molecule has 0 spiro atoms. The van der Waals surface area contributed by atoms with Gasteiger partial charge in [0, 0.05) is 25.1 Å². The number of likely N-dealkylation sites (tertiary alicyclic amines) is 1. The molecule has 0 aliphatic carbocycles. The first kappa shape index (κ1) is 17.5. The number of fused-ring (bicyclic) bond motifs is 4. The van der Waals surface area contributed by atoms with Gasteiger partial charge in [-0.05, 0) is 32.9 Å². The van der Waals surface area contributed by atoms with Gasteiger partial charge in [0.2, 0.25) is 0 Å². The van der Waals surface area contributed by atoms with Gasteiger partial charge >= 0.3 is 12.1 Å². The minimum Gasteiger partial charge on any atom is -0.493 e. The van der Waals surface area contributed by atoms with Gasteiger partial charge < -0.3 is 19.7 Å². The van der Waals surface area contributed by atoms with Crippen LogP contribution in [0.15, 0.2) is 12.1 Å². The third-order valence-corrected chi connectivity index (χ3v) is 6.25. The fourth-order valence-corrected chi connectivity index (χ4v) is 5.09. The maximum Gasteiger partial charge on any atom is 0.410 e. The molecule has 2 saturated heterocycles. The van der Waals surface area contributed by atoms with Crippen LogP contribution in [-0.4, -0.2) is 59.4 Å². The highest BCUT2D eigenvalue weighted by atomic mass is 32.1. The standard InChI is InChI=1S/C19H22N4O4S/c1-19(2,3)27-18(25)22-8-11-12(9-22)23(16(24)20-11)17-21-15-10-6-7-26-13(10)4-5-14(15)28-17/h4-5,11-12H,6-9H2,1-3H3,(H,20,24)/t11?,12-/m1/s1. The summed E-state index contributed by atoms with van der Waals surface area (Å²) in [6.07, 6.45) is 0.482. The van der Waals surface area contributed by atoms with E-state index in [-0.39, 0.29) is 24.2 Å². The van der Waals surface area contributed by atoms with Crippen molar-refractivity contribution in [3.8, 4) is 5.75 Å². The van der Waals surface area contributed by atoms with Crippen LogP contribution < -0.4 is 15.0 Å². The van der Waals surface area contributed by atoms with E-state index in [9.17, 15) is 9.59 Å². The average Bonchev–Trinajstić information content (AvgIpc) is 3.33. The molecule has 0 radical (unpaired) electrons. The molecule has 2 fully saturated rings. The summed E-state index contributed by atoms with van der Waals surface area (Å²) in [6, 6.07) is 3.53. The molecule has 3 amide bonds. The fraction of sp³-hybridized carbons (Fsp3) is 0.526. The third-order valence-electron chi connectivity index (χ3n) is 5.23. The summed E-state index contributed by atoms with van der Waals surface area (Å²) in [5, 5.41) is 3.65. The van der Waals surface area contributed by atoms with E-state index in [0.717, 1.165) is 28.0 Å². The quantitative estimate of drug-likeness (QED) is 0.793. The van der Waals surface area contributed by atoms with Crippen LogP contribution in [0.25, 0.3) is 10.2 Å². The Hall–Kier alpha value is -2.55. The van der Waals surface area contributed by atoms with Crippen molar-refractivity contribution in [2.45, 2.75) is 44.9 Å². The minimum atomic E-state index is -0.548. The average molecular weight is 402 g/mol. The van der Waals surface area contributed by atoms with Crippen molar-refractivity contribution in [1.29, 1.82) is 0 Å². The monoisotopic (exact) mass is 402 g/mol. The van der Waals surface area contributed by atoms with Crippen molar-refractivity contribution in [3.63, 3.8) is 0 Å². The zero-order valence-electron chi connectivity index (χ0n) is 16.0. The summed E-state index contributed by atoms with van der Waals surface area (Å²) in [5.41, 5.74) is 1.47. The number of hydrogen-bond donors (Lipinski definition) is 1. The molecule has 4 heterocycles. The SMILES string of the molecule is CC(C)(C)OC(=O)N1CC2NC(=O)N(c3nc4c5c(ccc4s3)OCC5)[C@@H]2C1. The number of thiazole rings is 1. The number of anilines is 1. The Labute approximate surface area is 166 Å². The molecule has 2 atom stereocenters. The van der Waals surface area contributed by atoms with Crippen LogP contribution in [0, 0.1) is 0 Å². The summed E-state index contributed by atoms with van der Waals surface area (Å²) in [6.45, 7) is 7.07. The Morgan fingerprint density at radius 1 is 1.36 bits per heavy atom. The van der Waals surface area contributed by atoms with Crippen LogP contribution in [0.3, 0.4) is 0 Å². The van der Waals surface area contributed by atoms with Gasteiger partial charge in [0.05, 0.1) is 28.9 Å². The van der Waals surface area contributed by atoms with Crippen LogP contribution in [-0.2, 0) is 11.2 Å². The molecule has 8 nitrogen and oxygen atoms in total. The van der Waals surface area contributed by atoms with Crippen LogP contribution >= 0.6 is 11.3 Å². The molecule has 1 N–H and O–H groups in total. The third kappa shape index (κ3) is 2.76. The molecule has 1 aromatic heterocycles. The Morgan fingerprint density at radius 2 is 2.18 bits per heavy atom. The summed E-state index contributed by atoms with van der Waals surface area (Å²) in [7, 11) is 0.